The Morgan fingerprint density at radius 1 is 1.16 bits per heavy atom. The monoisotopic (exact) mass is 341 g/mol. The fourth-order valence-electron chi connectivity index (χ4n) is 4.59. The van der Waals surface area contributed by atoms with Crippen LogP contribution in [-0.2, 0) is 30.2 Å². The summed E-state index contributed by atoms with van der Waals surface area (Å²) in [6.45, 7) is 2.95. The molecule has 0 unspecified atom stereocenters. The van der Waals surface area contributed by atoms with E-state index in [1.165, 1.54) is 4.90 Å². The molecule has 0 radical (unpaired) electrons. The number of hydrogen-bond donors (Lipinski definition) is 0. The summed E-state index contributed by atoms with van der Waals surface area (Å²) in [6, 6.07) is 7.56. The van der Waals surface area contributed by atoms with Gasteiger partial charge in [-0.25, -0.2) is 4.90 Å². The topological polar surface area (TPSA) is 65.1 Å². The summed E-state index contributed by atoms with van der Waals surface area (Å²) in [5, 5.41) is 0. The second-order valence-corrected chi connectivity index (χ2v) is 6.87. The zero-order valence-corrected chi connectivity index (χ0v) is 13.9. The highest BCUT2D eigenvalue weighted by molar-refractivity contribution is 6.23. The Morgan fingerprint density at radius 3 is 2.68 bits per heavy atom. The number of benzene rings is 1. The first-order chi connectivity index (χ1) is 12.2. The third-order valence-electron chi connectivity index (χ3n) is 5.68. The van der Waals surface area contributed by atoms with Gasteiger partial charge in [0.25, 0.3) is 0 Å². The summed E-state index contributed by atoms with van der Waals surface area (Å²) >= 11 is 0. The van der Waals surface area contributed by atoms with E-state index >= 15 is 0 Å². The second-order valence-electron chi connectivity index (χ2n) is 6.87. The van der Waals surface area contributed by atoms with Crippen LogP contribution in [0.2, 0.25) is 0 Å². The second kappa shape index (κ2) is 5.24. The Hall–Kier alpha value is -2.02. The molecule has 3 fully saturated rings. The molecule has 0 saturated carbocycles. The van der Waals surface area contributed by atoms with Crippen LogP contribution in [0.4, 0.5) is 5.69 Å². The predicted molar refractivity (Wildman–Crippen MR) is 87.7 cm³/mol. The molecular formula is C19H19NO5. The van der Waals surface area contributed by atoms with Gasteiger partial charge in [0, 0.05) is 0 Å². The van der Waals surface area contributed by atoms with Crippen molar-refractivity contribution in [1.29, 1.82) is 0 Å². The van der Waals surface area contributed by atoms with Crippen LogP contribution >= 0.6 is 0 Å². The van der Waals surface area contributed by atoms with Gasteiger partial charge in [-0.15, -0.1) is 0 Å². The lowest BCUT2D eigenvalue weighted by Gasteiger charge is -2.32. The van der Waals surface area contributed by atoms with E-state index in [-0.39, 0.29) is 11.8 Å². The fourth-order valence-corrected chi connectivity index (χ4v) is 4.59. The summed E-state index contributed by atoms with van der Waals surface area (Å²) < 4.78 is 17.4. The van der Waals surface area contributed by atoms with Crippen LogP contribution < -0.4 is 4.90 Å². The molecule has 4 aliphatic rings. The Bertz CT molecular complexity index is 784. The third kappa shape index (κ3) is 1.84. The van der Waals surface area contributed by atoms with Gasteiger partial charge in [0.15, 0.2) is 11.9 Å². The number of hydrogen-bond acceptors (Lipinski definition) is 5. The van der Waals surface area contributed by atoms with E-state index in [2.05, 4.69) is 0 Å². The van der Waals surface area contributed by atoms with E-state index < -0.39 is 29.8 Å². The Balaban J connectivity index is 1.58. The molecular weight excluding hydrogens is 322 g/mol. The maximum Gasteiger partial charge on any atom is 0.241 e. The Labute approximate surface area is 145 Å². The number of amides is 2. The molecule has 1 aromatic carbocycles. The van der Waals surface area contributed by atoms with Crippen molar-refractivity contribution in [2.75, 3.05) is 18.1 Å². The number of rotatable bonds is 3. The molecule has 0 spiro atoms. The molecule has 0 aromatic heterocycles. The summed E-state index contributed by atoms with van der Waals surface area (Å²) in [5.41, 5.74) is 0.666. The molecule has 6 nitrogen and oxygen atoms in total. The summed E-state index contributed by atoms with van der Waals surface area (Å²) in [5.74, 6) is -1.51. The lowest BCUT2D eigenvalue weighted by atomic mass is 9.76. The van der Waals surface area contributed by atoms with Gasteiger partial charge in [-0.2, -0.15) is 0 Å². The maximum absolute atomic E-state index is 13.3. The number of aryl methyl sites for hydroxylation is 1. The molecule has 1 aromatic rings. The van der Waals surface area contributed by atoms with Crippen LogP contribution in [-0.4, -0.2) is 43.0 Å². The molecule has 2 amide bonds. The molecule has 3 saturated heterocycles. The number of nitrogens with zero attached hydrogens (tertiary/aromatic N) is 1. The van der Waals surface area contributed by atoms with Gasteiger partial charge in [0.1, 0.15) is 0 Å². The van der Waals surface area contributed by atoms with Crippen LogP contribution in [0.25, 0.3) is 0 Å². The highest BCUT2D eigenvalue weighted by Gasteiger charge is 2.71. The van der Waals surface area contributed by atoms with Crippen molar-refractivity contribution < 1.29 is 23.8 Å². The number of carbonyl (C=O) groups is 2. The van der Waals surface area contributed by atoms with Crippen molar-refractivity contribution in [2.24, 2.45) is 11.8 Å². The SMILES string of the molecule is CCc1ccccc1N1C(=O)[C@@H]2[C@@H](C1=O)[C@@]1(C3OCCO3)C=C[C@H]2O1. The third-order valence-corrected chi connectivity index (χ3v) is 5.68. The van der Waals surface area contributed by atoms with Crippen molar-refractivity contribution in [1.82, 2.24) is 0 Å². The standard InChI is InChI=1S/C19H19NO5/c1-2-11-5-3-4-6-12(11)20-16(21)14-13-7-8-19(25-13,15(14)17(20)22)18-23-9-10-24-18/h3-8,13-15,18H,2,9-10H2,1H3/t13-,14+,15+,19-/m1/s1. The minimum Gasteiger partial charge on any atom is -0.357 e. The van der Waals surface area contributed by atoms with Crippen molar-refractivity contribution in [2.45, 2.75) is 31.3 Å². The van der Waals surface area contributed by atoms with Gasteiger partial charge in [-0.1, -0.05) is 31.2 Å². The van der Waals surface area contributed by atoms with E-state index in [1.807, 2.05) is 43.3 Å². The molecule has 2 bridgehead atoms. The first-order valence-electron chi connectivity index (χ1n) is 8.73. The van der Waals surface area contributed by atoms with Crippen molar-refractivity contribution in [3.8, 4) is 0 Å². The molecule has 130 valence electrons. The zero-order valence-electron chi connectivity index (χ0n) is 13.9. The molecule has 25 heavy (non-hydrogen) atoms. The van der Waals surface area contributed by atoms with E-state index in [0.717, 1.165) is 12.0 Å². The zero-order chi connectivity index (χ0) is 17.2. The van der Waals surface area contributed by atoms with Gasteiger partial charge in [-0.05, 0) is 24.1 Å². The van der Waals surface area contributed by atoms with E-state index in [4.69, 9.17) is 14.2 Å². The lowest BCUT2D eigenvalue weighted by molar-refractivity contribution is -0.180. The van der Waals surface area contributed by atoms with E-state index in [0.29, 0.717) is 18.9 Å². The molecule has 0 aliphatic carbocycles. The minimum absolute atomic E-state index is 0.190. The molecule has 4 heterocycles. The molecule has 4 aliphatic heterocycles. The van der Waals surface area contributed by atoms with Crippen LogP contribution in [0.1, 0.15) is 12.5 Å². The van der Waals surface area contributed by atoms with Gasteiger partial charge in [0.2, 0.25) is 11.8 Å². The quantitative estimate of drug-likeness (QED) is 0.615. The summed E-state index contributed by atoms with van der Waals surface area (Å²) in [6.07, 6.45) is 3.44. The minimum atomic E-state index is -0.992. The maximum atomic E-state index is 13.3. The first kappa shape index (κ1) is 15.3. The lowest BCUT2D eigenvalue weighted by Crippen LogP contribution is -2.49. The molecule has 5 rings (SSSR count). The van der Waals surface area contributed by atoms with Gasteiger partial charge in [0.05, 0.1) is 36.8 Å². The largest absolute Gasteiger partial charge is 0.357 e. The molecule has 0 N–H and O–H groups in total. The van der Waals surface area contributed by atoms with Crippen molar-refractivity contribution in [3.05, 3.63) is 42.0 Å². The Kier molecular flexibility index (Phi) is 3.20. The smallest absolute Gasteiger partial charge is 0.241 e. The number of imide groups is 1. The predicted octanol–water partition coefficient (Wildman–Crippen LogP) is 1.43. The molecule has 4 atom stereocenters. The number of carbonyl (C=O) groups excluding carboxylic acids is 2. The summed E-state index contributed by atoms with van der Waals surface area (Å²) in [7, 11) is 0. The number of para-hydroxylation sites is 1. The van der Waals surface area contributed by atoms with Crippen molar-refractivity contribution >= 4 is 17.5 Å². The summed E-state index contributed by atoms with van der Waals surface area (Å²) in [4.78, 5) is 27.8. The average Bonchev–Trinajstić information content (AvgIpc) is 3.38. The van der Waals surface area contributed by atoms with Crippen molar-refractivity contribution in [3.63, 3.8) is 0 Å². The van der Waals surface area contributed by atoms with Crippen LogP contribution in [0.15, 0.2) is 36.4 Å². The number of ether oxygens (including phenoxy) is 3. The van der Waals surface area contributed by atoms with Gasteiger partial charge in [-0.3, -0.25) is 9.59 Å². The van der Waals surface area contributed by atoms with Crippen LogP contribution in [0.3, 0.4) is 0 Å². The van der Waals surface area contributed by atoms with E-state index in [1.54, 1.807) is 0 Å². The first-order valence-corrected chi connectivity index (χ1v) is 8.73. The van der Waals surface area contributed by atoms with E-state index in [9.17, 15) is 9.59 Å². The van der Waals surface area contributed by atoms with Gasteiger partial charge < -0.3 is 14.2 Å². The van der Waals surface area contributed by atoms with Crippen LogP contribution in [0, 0.1) is 11.8 Å². The Morgan fingerprint density at radius 2 is 1.92 bits per heavy atom. The number of fused-ring (bicyclic) bond motifs is 5. The average molecular weight is 341 g/mol. The molecule has 6 heteroatoms. The van der Waals surface area contributed by atoms with Crippen LogP contribution in [0.5, 0.6) is 0 Å². The number of anilines is 1. The normalized spacial score (nSPS) is 36.7. The van der Waals surface area contributed by atoms with Gasteiger partial charge >= 0.3 is 0 Å². The highest BCUT2D eigenvalue weighted by atomic mass is 16.7. The highest BCUT2D eigenvalue weighted by Crippen LogP contribution is 2.55. The fraction of sp³-hybridized carbons (Fsp3) is 0.474.